The van der Waals surface area contributed by atoms with Gasteiger partial charge < -0.3 is 15.2 Å². The van der Waals surface area contributed by atoms with Crippen molar-refractivity contribution in [3.63, 3.8) is 0 Å². The molecule has 1 atom stereocenters. The van der Waals surface area contributed by atoms with Gasteiger partial charge in [0.2, 0.25) is 0 Å². The fourth-order valence-corrected chi connectivity index (χ4v) is 1.85. The minimum absolute atomic E-state index is 0.0527. The summed E-state index contributed by atoms with van der Waals surface area (Å²) in [5.41, 5.74) is 6.37. The first kappa shape index (κ1) is 14.6. The normalized spacial score (nSPS) is 13.4. The van der Waals surface area contributed by atoms with E-state index in [2.05, 4.69) is 4.98 Å². The first-order valence-electron chi connectivity index (χ1n) is 6.81. The van der Waals surface area contributed by atoms with Gasteiger partial charge in [-0.15, -0.1) is 0 Å². The number of aromatic nitrogens is 1. The smallest absolute Gasteiger partial charge is 0.146 e. The van der Waals surface area contributed by atoms with Crippen molar-refractivity contribution in [1.82, 2.24) is 4.98 Å². The van der Waals surface area contributed by atoms with Gasteiger partial charge in [0, 0.05) is 5.39 Å². The highest BCUT2D eigenvalue weighted by Gasteiger charge is 2.14. The van der Waals surface area contributed by atoms with Crippen LogP contribution in [0.25, 0.3) is 10.9 Å². The predicted molar refractivity (Wildman–Crippen MR) is 82.0 cm³/mol. The molecule has 1 aromatic carbocycles. The van der Waals surface area contributed by atoms with Crippen LogP contribution in [0.4, 0.5) is 5.82 Å². The molecule has 1 heterocycles. The lowest BCUT2D eigenvalue weighted by Crippen LogP contribution is -2.27. The van der Waals surface area contributed by atoms with Gasteiger partial charge in [-0.2, -0.15) is 0 Å². The van der Waals surface area contributed by atoms with Gasteiger partial charge in [0.05, 0.1) is 12.2 Å². The van der Waals surface area contributed by atoms with E-state index in [1.165, 1.54) is 0 Å². The molecule has 0 bridgehead atoms. The Morgan fingerprint density at radius 3 is 2.65 bits per heavy atom. The number of nitrogens with two attached hydrogens (primary N) is 1. The SMILES string of the molecule is CC(COC(C)(C)C)Oc1cccc2ccc(N)nc12. The van der Waals surface area contributed by atoms with Gasteiger partial charge in [0.15, 0.2) is 0 Å². The topological polar surface area (TPSA) is 57.4 Å². The second-order valence-corrected chi connectivity index (χ2v) is 5.92. The van der Waals surface area contributed by atoms with Crippen molar-refractivity contribution in [2.75, 3.05) is 12.3 Å². The average molecular weight is 274 g/mol. The molecule has 0 spiro atoms. The summed E-state index contributed by atoms with van der Waals surface area (Å²) in [6.07, 6.45) is -0.0527. The molecule has 4 heteroatoms. The number of hydrogen-bond acceptors (Lipinski definition) is 4. The number of hydrogen-bond donors (Lipinski definition) is 1. The first-order chi connectivity index (χ1) is 9.35. The van der Waals surface area contributed by atoms with Gasteiger partial charge >= 0.3 is 0 Å². The Balaban J connectivity index is 2.15. The lowest BCUT2D eigenvalue weighted by Gasteiger charge is -2.23. The summed E-state index contributed by atoms with van der Waals surface area (Å²) < 4.78 is 11.7. The zero-order chi connectivity index (χ0) is 14.8. The van der Waals surface area contributed by atoms with Crippen molar-refractivity contribution < 1.29 is 9.47 Å². The zero-order valence-electron chi connectivity index (χ0n) is 12.5. The number of ether oxygens (including phenoxy) is 2. The Morgan fingerprint density at radius 1 is 1.20 bits per heavy atom. The molecule has 2 rings (SSSR count). The molecule has 0 aliphatic heterocycles. The van der Waals surface area contributed by atoms with Crippen LogP contribution in [0.3, 0.4) is 0 Å². The van der Waals surface area contributed by atoms with Crippen LogP contribution in [0.2, 0.25) is 0 Å². The number of pyridine rings is 1. The van der Waals surface area contributed by atoms with Gasteiger partial charge in [-0.1, -0.05) is 12.1 Å². The molecule has 20 heavy (non-hydrogen) atoms. The van der Waals surface area contributed by atoms with Crippen LogP contribution >= 0.6 is 0 Å². The third-order valence-electron chi connectivity index (χ3n) is 2.78. The van der Waals surface area contributed by atoms with E-state index in [-0.39, 0.29) is 11.7 Å². The van der Waals surface area contributed by atoms with Gasteiger partial charge in [-0.25, -0.2) is 4.98 Å². The molecule has 0 fully saturated rings. The highest BCUT2D eigenvalue weighted by atomic mass is 16.5. The van der Waals surface area contributed by atoms with Crippen LogP contribution in [0.5, 0.6) is 5.75 Å². The Morgan fingerprint density at radius 2 is 1.95 bits per heavy atom. The molecule has 2 aromatic rings. The van der Waals surface area contributed by atoms with Crippen molar-refractivity contribution >= 4 is 16.7 Å². The molecule has 4 nitrogen and oxygen atoms in total. The molecule has 1 aromatic heterocycles. The number of para-hydroxylation sites is 1. The highest BCUT2D eigenvalue weighted by Crippen LogP contribution is 2.25. The first-order valence-corrected chi connectivity index (χ1v) is 6.81. The Bertz CT molecular complexity index is 591. The fraction of sp³-hybridized carbons (Fsp3) is 0.438. The molecule has 0 saturated heterocycles. The standard InChI is InChI=1S/C16H22N2O2/c1-11(10-19-16(2,3)4)20-13-7-5-6-12-8-9-14(17)18-15(12)13/h5-9,11H,10H2,1-4H3,(H2,17,18). The van der Waals surface area contributed by atoms with Crippen molar-refractivity contribution in [1.29, 1.82) is 0 Å². The van der Waals surface area contributed by atoms with E-state index in [1.54, 1.807) is 6.07 Å². The highest BCUT2D eigenvalue weighted by molar-refractivity contribution is 5.85. The second kappa shape index (κ2) is 5.67. The average Bonchev–Trinajstić information content (AvgIpc) is 2.36. The number of nitrogen functional groups attached to an aromatic ring is 1. The van der Waals surface area contributed by atoms with Crippen LogP contribution in [0.1, 0.15) is 27.7 Å². The maximum atomic E-state index is 5.93. The zero-order valence-corrected chi connectivity index (χ0v) is 12.5. The third-order valence-corrected chi connectivity index (χ3v) is 2.78. The minimum atomic E-state index is -0.168. The van der Waals surface area contributed by atoms with Gasteiger partial charge in [0.1, 0.15) is 23.2 Å². The summed E-state index contributed by atoms with van der Waals surface area (Å²) in [7, 11) is 0. The number of fused-ring (bicyclic) bond motifs is 1. The molecule has 0 saturated carbocycles. The van der Waals surface area contributed by atoms with Crippen molar-refractivity contribution in [2.45, 2.75) is 39.4 Å². The number of rotatable bonds is 4. The molecular formula is C16H22N2O2. The monoisotopic (exact) mass is 274 g/mol. The Hall–Kier alpha value is -1.81. The van der Waals surface area contributed by atoms with E-state index in [9.17, 15) is 0 Å². The largest absolute Gasteiger partial charge is 0.486 e. The van der Waals surface area contributed by atoms with E-state index >= 15 is 0 Å². The second-order valence-electron chi connectivity index (χ2n) is 5.92. The van der Waals surface area contributed by atoms with Crippen LogP contribution in [-0.4, -0.2) is 23.3 Å². The molecule has 0 aliphatic carbocycles. The Labute approximate surface area is 119 Å². The van der Waals surface area contributed by atoms with Crippen molar-refractivity contribution in [2.24, 2.45) is 0 Å². The number of anilines is 1. The lowest BCUT2D eigenvalue weighted by molar-refractivity contribution is -0.0371. The van der Waals surface area contributed by atoms with Crippen molar-refractivity contribution in [3.05, 3.63) is 30.3 Å². The summed E-state index contributed by atoms with van der Waals surface area (Å²) >= 11 is 0. The molecule has 108 valence electrons. The van der Waals surface area contributed by atoms with Crippen LogP contribution in [-0.2, 0) is 4.74 Å². The summed E-state index contributed by atoms with van der Waals surface area (Å²) in [4.78, 5) is 4.35. The summed E-state index contributed by atoms with van der Waals surface area (Å²) in [5.74, 6) is 1.23. The minimum Gasteiger partial charge on any atom is -0.486 e. The predicted octanol–water partition coefficient (Wildman–Crippen LogP) is 3.40. The van der Waals surface area contributed by atoms with Crippen LogP contribution in [0, 0.1) is 0 Å². The maximum Gasteiger partial charge on any atom is 0.146 e. The van der Waals surface area contributed by atoms with E-state index in [1.807, 2.05) is 52.0 Å². The van der Waals surface area contributed by atoms with E-state index in [0.717, 1.165) is 16.7 Å². The van der Waals surface area contributed by atoms with Gasteiger partial charge in [0.25, 0.3) is 0 Å². The molecular weight excluding hydrogens is 252 g/mol. The molecule has 0 radical (unpaired) electrons. The molecule has 2 N–H and O–H groups in total. The van der Waals surface area contributed by atoms with Crippen LogP contribution < -0.4 is 10.5 Å². The molecule has 0 amide bonds. The lowest BCUT2D eigenvalue weighted by atomic mass is 10.2. The van der Waals surface area contributed by atoms with Crippen LogP contribution in [0.15, 0.2) is 30.3 Å². The Kier molecular flexibility index (Phi) is 4.14. The number of benzene rings is 1. The quantitative estimate of drug-likeness (QED) is 0.928. The van der Waals surface area contributed by atoms with Crippen molar-refractivity contribution in [3.8, 4) is 5.75 Å². The van der Waals surface area contributed by atoms with E-state index in [4.69, 9.17) is 15.2 Å². The van der Waals surface area contributed by atoms with Gasteiger partial charge in [-0.05, 0) is 45.9 Å². The number of nitrogens with zero attached hydrogens (tertiary/aromatic N) is 1. The molecule has 1 unspecified atom stereocenters. The van der Waals surface area contributed by atoms with Gasteiger partial charge in [-0.3, -0.25) is 0 Å². The van der Waals surface area contributed by atoms with E-state index < -0.39 is 0 Å². The maximum absolute atomic E-state index is 5.93. The summed E-state index contributed by atoms with van der Waals surface area (Å²) in [5, 5.41) is 1.01. The third kappa shape index (κ3) is 3.84. The summed E-state index contributed by atoms with van der Waals surface area (Å²) in [6, 6.07) is 9.58. The summed E-state index contributed by atoms with van der Waals surface area (Å²) in [6.45, 7) is 8.60. The molecule has 0 aliphatic rings. The fourth-order valence-electron chi connectivity index (χ4n) is 1.85. The van der Waals surface area contributed by atoms with E-state index in [0.29, 0.717) is 12.4 Å².